The van der Waals surface area contributed by atoms with Gasteiger partial charge < -0.3 is 14.2 Å². The molecule has 0 atom stereocenters. The molecule has 0 bridgehead atoms. The maximum atomic E-state index is 12.0. The average molecular weight is 262 g/mol. The van der Waals surface area contributed by atoms with E-state index in [-0.39, 0.29) is 5.78 Å². The summed E-state index contributed by atoms with van der Waals surface area (Å²) >= 11 is 0. The third-order valence-electron chi connectivity index (χ3n) is 3.25. The van der Waals surface area contributed by atoms with E-state index in [0.717, 1.165) is 18.4 Å². The van der Waals surface area contributed by atoms with E-state index in [4.69, 9.17) is 14.2 Å². The first kappa shape index (κ1) is 13.5. The highest BCUT2D eigenvalue weighted by Crippen LogP contribution is 2.43. The molecule has 0 amide bonds. The summed E-state index contributed by atoms with van der Waals surface area (Å²) < 4.78 is 16.0. The molecule has 0 aromatic heterocycles. The van der Waals surface area contributed by atoms with Crippen LogP contribution in [0.1, 0.15) is 24.8 Å². The first-order valence-electron chi connectivity index (χ1n) is 6.25. The number of rotatable bonds is 4. The molecule has 1 aromatic carbocycles. The summed E-state index contributed by atoms with van der Waals surface area (Å²) in [4.78, 5) is 12.0. The van der Waals surface area contributed by atoms with Gasteiger partial charge in [0.1, 0.15) is 0 Å². The van der Waals surface area contributed by atoms with Gasteiger partial charge in [-0.15, -0.1) is 0 Å². The van der Waals surface area contributed by atoms with Crippen molar-refractivity contribution in [3.05, 3.63) is 23.8 Å². The minimum absolute atomic E-state index is 0.150. The number of ketones is 1. The Morgan fingerprint density at radius 2 is 1.74 bits per heavy atom. The number of hydrogen-bond acceptors (Lipinski definition) is 4. The van der Waals surface area contributed by atoms with Gasteiger partial charge in [0, 0.05) is 17.6 Å². The van der Waals surface area contributed by atoms with E-state index >= 15 is 0 Å². The topological polar surface area (TPSA) is 44.8 Å². The van der Waals surface area contributed by atoms with E-state index < -0.39 is 0 Å². The standard InChI is InChI=1S/C15H18O4/c1-17-13-9-8-11(14(18-2)15(13)19-3)10-6-4-5-7-12(10)16/h6,8-9H,4-5,7H2,1-3H3. The van der Waals surface area contributed by atoms with Crippen molar-refractivity contribution in [2.75, 3.05) is 21.3 Å². The summed E-state index contributed by atoms with van der Waals surface area (Å²) in [6.45, 7) is 0. The van der Waals surface area contributed by atoms with Crippen LogP contribution < -0.4 is 14.2 Å². The van der Waals surface area contributed by atoms with E-state index in [9.17, 15) is 4.79 Å². The normalized spacial score (nSPS) is 14.9. The molecule has 4 nitrogen and oxygen atoms in total. The molecule has 0 fully saturated rings. The Balaban J connectivity index is 2.57. The third-order valence-corrected chi connectivity index (χ3v) is 3.25. The van der Waals surface area contributed by atoms with Crippen molar-refractivity contribution in [3.8, 4) is 17.2 Å². The van der Waals surface area contributed by atoms with Crippen LogP contribution in [-0.2, 0) is 4.79 Å². The lowest BCUT2D eigenvalue weighted by Gasteiger charge is -2.18. The molecule has 102 valence electrons. The van der Waals surface area contributed by atoms with Gasteiger partial charge in [0.2, 0.25) is 5.75 Å². The molecule has 2 rings (SSSR count). The van der Waals surface area contributed by atoms with E-state index in [1.807, 2.05) is 12.1 Å². The lowest BCUT2D eigenvalue weighted by molar-refractivity contribution is -0.114. The summed E-state index contributed by atoms with van der Waals surface area (Å²) in [5.74, 6) is 1.80. The van der Waals surface area contributed by atoms with Crippen LogP contribution in [0.15, 0.2) is 18.2 Å². The van der Waals surface area contributed by atoms with Crippen molar-refractivity contribution in [1.29, 1.82) is 0 Å². The van der Waals surface area contributed by atoms with Gasteiger partial charge >= 0.3 is 0 Å². The largest absolute Gasteiger partial charge is 0.493 e. The fraction of sp³-hybridized carbons (Fsp3) is 0.400. The Labute approximate surface area is 113 Å². The Morgan fingerprint density at radius 3 is 2.32 bits per heavy atom. The highest BCUT2D eigenvalue weighted by Gasteiger charge is 2.23. The van der Waals surface area contributed by atoms with Gasteiger partial charge in [-0.25, -0.2) is 0 Å². The quantitative estimate of drug-likeness (QED) is 0.837. The second kappa shape index (κ2) is 5.78. The Bertz CT molecular complexity index is 517. The van der Waals surface area contributed by atoms with Crippen molar-refractivity contribution in [3.63, 3.8) is 0 Å². The number of allylic oxidation sites excluding steroid dienone is 2. The summed E-state index contributed by atoms with van der Waals surface area (Å²) in [6, 6.07) is 3.63. The smallest absolute Gasteiger partial charge is 0.203 e. The summed E-state index contributed by atoms with van der Waals surface area (Å²) in [7, 11) is 4.69. The van der Waals surface area contributed by atoms with E-state index in [1.54, 1.807) is 27.4 Å². The summed E-state index contributed by atoms with van der Waals surface area (Å²) in [5.41, 5.74) is 1.48. The Hall–Kier alpha value is -1.97. The van der Waals surface area contributed by atoms with Crippen LogP contribution in [0, 0.1) is 0 Å². The zero-order chi connectivity index (χ0) is 13.8. The molecule has 0 saturated carbocycles. The zero-order valence-corrected chi connectivity index (χ0v) is 11.5. The van der Waals surface area contributed by atoms with Crippen molar-refractivity contribution in [2.24, 2.45) is 0 Å². The molecule has 0 aliphatic heterocycles. The molecule has 0 heterocycles. The summed E-state index contributed by atoms with van der Waals surface area (Å²) in [6.07, 6.45) is 4.38. The van der Waals surface area contributed by atoms with Crippen molar-refractivity contribution in [2.45, 2.75) is 19.3 Å². The maximum absolute atomic E-state index is 12.0. The van der Waals surface area contributed by atoms with Crippen LogP contribution in [0.5, 0.6) is 17.2 Å². The van der Waals surface area contributed by atoms with Gasteiger partial charge in [-0.05, 0) is 25.0 Å². The van der Waals surface area contributed by atoms with Gasteiger partial charge in [0.25, 0.3) is 0 Å². The van der Waals surface area contributed by atoms with Crippen LogP contribution in [0.25, 0.3) is 5.57 Å². The fourth-order valence-electron chi connectivity index (χ4n) is 2.33. The van der Waals surface area contributed by atoms with Crippen molar-refractivity contribution >= 4 is 11.4 Å². The number of carbonyl (C=O) groups excluding carboxylic acids is 1. The number of hydrogen-bond donors (Lipinski definition) is 0. The van der Waals surface area contributed by atoms with Crippen LogP contribution in [0.4, 0.5) is 0 Å². The van der Waals surface area contributed by atoms with Gasteiger partial charge in [-0.1, -0.05) is 6.08 Å². The lowest BCUT2D eigenvalue weighted by Crippen LogP contribution is -2.08. The molecule has 0 unspecified atom stereocenters. The predicted molar refractivity (Wildman–Crippen MR) is 72.9 cm³/mol. The van der Waals surface area contributed by atoms with Crippen molar-refractivity contribution in [1.82, 2.24) is 0 Å². The SMILES string of the molecule is COc1ccc(C2=CCCCC2=O)c(OC)c1OC. The second-order valence-electron chi connectivity index (χ2n) is 4.32. The summed E-state index contributed by atoms with van der Waals surface area (Å²) in [5, 5.41) is 0. The zero-order valence-electron chi connectivity index (χ0n) is 11.5. The maximum Gasteiger partial charge on any atom is 0.203 e. The molecule has 19 heavy (non-hydrogen) atoms. The highest BCUT2D eigenvalue weighted by atomic mass is 16.5. The minimum Gasteiger partial charge on any atom is -0.493 e. The van der Waals surface area contributed by atoms with Gasteiger partial charge in [-0.3, -0.25) is 4.79 Å². The van der Waals surface area contributed by atoms with E-state index in [2.05, 4.69) is 0 Å². The molecular weight excluding hydrogens is 244 g/mol. The Kier molecular flexibility index (Phi) is 4.10. The van der Waals surface area contributed by atoms with Gasteiger partial charge in [-0.2, -0.15) is 0 Å². The van der Waals surface area contributed by atoms with Crippen molar-refractivity contribution < 1.29 is 19.0 Å². The van der Waals surface area contributed by atoms with Crippen LogP contribution in [0.2, 0.25) is 0 Å². The predicted octanol–water partition coefficient (Wildman–Crippen LogP) is 2.85. The number of benzene rings is 1. The Morgan fingerprint density at radius 1 is 1.00 bits per heavy atom. The fourth-order valence-corrected chi connectivity index (χ4v) is 2.33. The number of methoxy groups -OCH3 is 3. The number of carbonyl (C=O) groups is 1. The molecule has 4 heteroatoms. The van der Waals surface area contributed by atoms with E-state index in [1.165, 1.54) is 0 Å². The lowest BCUT2D eigenvalue weighted by atomic mass is 9.91. The van der Waals surface area contributed by atoms with E-state index in [0.29, 0.717) is 29.2 Å². The van der Waals surface area contributed by atoms with Gasteiger partial charge in [0.15, 0.2) is 17.3 Å². The monoisotopic (exact) mass is 262 g/mol. The van der Waals surface area contributed by atoms with Crippen LogP contribution in [0.3, 0.4) is 0 Å². The molecule has 1 aliphatic carbocycles. The molecule has 1 aromatic rings. The average Bonchev–Trinajstić information content (AvgIpc) is 2.46. The second-order valence-corrected chi connectivity index (χ2v) is 4.32. The van der Waals surface area contributed by atoms with Crippen LogP contribution in [-0.4, -0.2) is 27.1 Å². The molecule has 0 saturated heterocycles. The molecule has 0 radical (unpaired) electrons. The number of Topliss-reactive ketones (excluding diaryl/α,β-unsaturated/α-hetero) is 1. The molecule has 1 aliphatic rings. The van der Waals surface area contributed by atoms with Crippen LogP contribution >= 0.6 is 0 Å². The third kappa shape index (κ3) is 2.43. The molecule has 0 spiro atoms. The highest BCUT2D eigenvalue weighted by molar-refractivity contribution is 6.22. The minimum atomic E-state index is 0.150. The molecular formula is C15H18O4. The number of ether oxygens (including phenoxy) is 3. The molecule has 0 N–H and O–H groups in total. The first-order valence-corrected chi connectivity index (χ1v) is 6.25. The van der Waals surface area contributed by atoms with Gasteiger partial charge in [0.05, 0.1) is 21.3 Å². The first-order chi connectivity index (χ1) is 9.22.